The highest BCUT2D eigenvalue weighted by Gasteiger charge is 2.16. The normalized spacial score (nSPS) is 9.65. The third-order valence-corrected chi connectivity index (χ3v) is 2.66. The molecule has 0 atom stereocenters. The van der Waals surface area contributed by atoms with Gasteiger partial charge in [0.2, 0.25) is 0 Å². The summed E-state index contributed by atoms with van der Waals surface area (Å²) in [7, 11) is 2.69. The molecule has 0 spiro atoms. The van der Waals surface area contributed by atoms with E-state index in [4.69, 9.17) is 0 Å². The van der Waals surface area contributed by atoms with E-state index < -0.39 is 17.9 Å². The van der Waals surface area contributed by atoms with E-state index in [9.17, 15) is 14.0 Å². The number of benzene rings is 1. The highest BCUT2D eigenvalue weighted by atomic mass is 127. The predicted molar refractivity (Wildman–Crippen MR) is 70.4 cm³/mol. The van der Waals surface area contributed by atoms with Gasteiger partial charge in [-0.05, 0) is 40.8 Å². The Kier molecular flexibility index (Phi) is 4.67. The van der Waals surface area contributed by atoms with Crippen LogP contribution in [0, 0.1) is 9.39 Å². The maximum atomic E-state index is 13.3. The molecule has 1 aromatic carbocycles. The van der Waals surface area contributed by atoms with Crippen LogP contribution in [0.1, 0.15) is 0 Å². The molecule has 0 radical (unpaired) electrons. The molecule has 0 aliphatic heterocycles. The van der Waals surface area contributed by atoms with Crippen LogP contribution in [-0.2, 0) is 0 Å². The van der Waals surface area contributed by atoms with Crippen LogP contribution >= 0.6 is 22.6 Å². The highest BCUT2D eigenvalue weighted by molar-refractivity contribution is 14.1. The molecule has 5 nitrogen and oxygen atoms in total. The van der Waals surface area contributed by atoms with Crippen molar-refractivity contribution >= 4 is 40.3 Å². The fourth-order valence-electron chi connectivity index (χ4n) is 1.05. The number of nitrogens with zero attached hydrogens (tertiary/aromatic N) is 1. The molecular formula is C10H11FIN3O2. The van der Waals surface area contributed by atoms with Gasteiger partial charge in [-0.3, -0.25) is 0 Å². The monoisotopic (exact) mass is 351 g/mol. The van der Waals surface area contributed by atoms with Gasteiger partial charge in [-0.15, -0.1) is 0 Å². The maximum Gasteiger partial charge on any atom is 0.329 e. The summed E-state index contributed by atoms with van der Waals surface area (Å²) in [5.41, 5.74) is 0.0395. The molecule has 0 bridgehead atoms. The number of anilines is 1. The zero-order chi connectivity index (χ0) is 13.0. The number of imide groups is 1. The first kappa shape index (κ1) is 13.7. The Labute approximate surface area is 112 Å². The number of nitrogens with one attached hydrogen (secondary N) is 2. The molecule has 1 aromatic rings. The van der Waals surface area contributed by atoms with Crippen LogP contribution in [-0.4, -0.2) is 31.1 Å². The quantitative estimate of drug-likeness (QED) is 0.763. The van der Waals surface area contributed by atoms with Crippen molar-refractivity contribution in [1.82, 2.24) is 10.2 Å². The lowest BCUT2D eigenvalue weighted by atomic mass is 10.3. The summed E-state index contributed by atoms with van der Waals surface area (Å²) >= 11 is 2.00. The van der Waals surface area contributed by atoms with E-state index in [-0.39, 0.29) is 5.69 Å². The van der Waals surface area contributed by atoms with Crippen molar-refractivity contribution in [1.29, 1.82) is 0 Å². The van der Waals surface area contributed by atoms with E-state index in [1.165, 1.54) is 26.2 Å². The molecular weight excluding hydrogens is 340 g/mol. The number of carbonyl (C=O) groups excluding carboxylic acids is 2. The molecule has 17 heavy (non-hydrogen) atoms. The van der Waals surface area contributed by atoms with Crippen molar-refractivity contribution in [2.75, 3.05) is 19.4 Å². The molecule has 4 amide bonds. The van der Waals surface area contributed by atoms with Crippen molar-refractivity contribution in [3.05, 3.63) is 27.6 Å². The number of urea groups is 2. The number of halogens is 2. The second-order valence-corrected chi connectivity index (χ2v) is 4.41. The van der Waals surface area contributed by atoms with Gasteiger partial charge in [0.05, 0.1) is 5.69 Å². The Morgan fingerprint density at radius 2 is 2.00 bits per heavy atom. The summed E-state index contributed by atoms with van der Waals surface area (Å²) in [6.07, 6.45) is 0. The van der Waals surface area contributed by atoms with E-state index in [1.54, 1.807) is 6.07 Å². The molecule has 0 unspecified atom stereocenters. The van der Waals surface area contributed by atoms with Gasteiger partial charge < -0.3 is 10.6 Å². The number of hydrogen-bond acceptors (Lipinski definition) is 2. The minimum absolute atomic E-state index is 0.0395. The molecule has 0 aliphatic rings. The van der Waals surface area contributed by atoms with Crippen LogP contribution in [0.5, 0.6) is 0 Å². The van der Waals surface area contributed by atoms with Crippen molar-refractivity contribution in [3.8, 4) is 0 Å². The number of hydrogen-bond donors (Lipinski definition) is 2. The van der Waals surface area contributed by atoms with Gasteiger partial charge in [-0.1, -0.05) is 0 Å². The molecule has 0 saturated carbocycles. The van der Waals surface area contributed by atoms with Crippen molar-refractivity contribution in [2.24, 2.45) is 0 Å². The van der Waals surface area contributed by atoms with Crippen LogP contribution in [0.2, 0.25) is 0 Å². The molecule has 0 fully saturated rings. The van der Waals surface area contributed by atoms with Gasteiger partial charge in [0.15, 0.2) is 0 Å². The highest BCUT2D eigenvalue weighted by Crippen LogP contribution is 2.17. The number of amides is 4. The topological polar surface area (TPSA) is 61.4 Å². The third-order valence-electron chi connectivity index (χ3n) is 1.99. The number of carbonyl (C=O) groups is 2. The van der Waals surface area contributed by atoms with Crippen LogP contribution in [0.4, 0.5) is 19.7 Å². The van der Waals surface area contributed by atoms with Gasteiger partial charge in [-0.25, -0.2) is 18.9 Å². The lowest BCUT2D eigenvalue weighted by Crippen LogP contribution is -2.41. The van der Waals surface area contributed by atoms with Gasteiger partial charge in [0.1, 0.15) is 5.82 Å². The average Bonchev–Trinajstić information content (AvgIpc) is 2.31. The molecule has 7 heteroatoms. The predicted octanol–water partition coefficient (Wildman–Crippen LogP) is 2.23. The number of rotatable bonds is 1. The van der Waals surface area contributed by atoms with E-state index in [0.717, 1.165) is 8.47 Å². The van der Waals surface area contributed by atoms with Crippen LogP contribution in [0.15, 0.2) is 18.2 Å². The molecule has 2 N–H and O–H groups in total. The third kappa shape index (κ3) is 3.55. The summed E-state index contributed by atoms with van der Waals surface area (Å²) in [6, 6.07) is 3.02. The fourth-order valence-corrected chi connectivity index (χ4v) is 1.54. The minimum Gasteiger partial charge on any atom is -0.341 e. The standard InChI is InChI=1S/C10H11FIN3O2/c1-13-9(16)15(2)10(17)14-8-5-6(12)3-4-7(8)11/h3-5H,1-2H3,(H,13,16)(H,14,17). The van der Waals surface area contributed by atoms with E-state index in [0.29, 0.717) is 0 Å². The summed E-state index contributed by atoms with van der Waals surface area (Å²) in [6.45, 7) is 0. The Balaban J connectivity index is 2.81. The Morgan fingerprint density at radius 1 is 1.35 bits per heavy atom. The average molecular weight is 351 g/mol. The second kappa shape index (κ2) is 5.80. The largest absolute Gasteiger partial charge is 0.341 e. The van der Waals surface area contributed by atoms with E-state index >= 15 is 0 Å². The van der Waals surface area contributed by atoms with Gasteiger partial charge in [-0.2, -0.15) is 0 Å². The summed E-state index contributed by atoms with van der Waals surface area (Å²) in [5, 5.41) is 4.60. The first-order valence-electron chi connectivity index (χ1n) is 4.67. The smallest absolute Gasteiger partial charge is 0.329 e. The Hall–Kier alpha value is -1.38. The maximum absolute atomic E-state index is 13.3. The van der Waals surface area contributed by atoms with Crippen LogP contribution < -0.4 is 10.6 Å². The zero-order valence-electron chi connectivity index (χ0n) is 9.25. The lowest BCUT2D eigenvalue weighted by molar-refractivity contribution is 0.203. The second-order valence-electron chi connectivity index (χ2n) is 3.17. The van der Waals surface area contributed by atoms with E-state index in [1.807, 2.05) is 22.6 Å². The first-order chi connectivity index (χ1) is 7.95. The molecule has 0 heterocycles. The molecule has 0 aromatic heterocycles. The Bertz CT molecular complexity index is 453. The lowest BCUT2D eigenvalue weighted by Gasteiger charge is -2.15. The molecule has 1 rings (SSSR count). The minimum atomic E-state index is -0.703. The van der Waals surface area contributed by atoms with Crippen molar-refractivity contribution in [2.45, 2.75) is 0 Å². The van der Waals surface area contributed by atoms with Gasteiger partial charge in [0.25, 0.3) is 0 Å². The summed E-state index contributed by atoms with van der Waals surface area (Å²) < 4.78 is 14.1. The fraction of sp³-hybridized carbons (Fsp3) is 0.200. The van der Waals surface area contributed by atoms with Crippen LogP contribution in [0.25, 0.3) is 0 Å². The summed E-state index contributed by atoms with van der Waals surface area (Å²) in [4.78, 5) is 23.5. The molecule has 0 aliphatic carbocycles. The van der Waals surface area contributed by atoms with Crippen LogP contribution in [0.3, 0.4) is 0 Å². The van der Waals surface area contributed by atoms with E-state index in [2.05, 4.69) is 10.6 Å². The summed E-state index contributed by atoms with van der Waals surface area (Å²) in [5.74, 6) is -0.552. The van der Waals surface area contributed by atoms with Crippen molar-refractivity contribution < 1.29 is 14.0 Å². The SMILES string of the molecule is CNC(=O)N(C)C(=O)Nc1cc(I)ccc1F. The molecule has 0 saturated heterocycles. The zero-order valence-corrected chi connectivity index (χ0v) is 11.4. The van der Waals surface area contributed by atoms with Gasteiger partial charge in [0, 0.05) is 17.7 Å². The Morgan fingerprint density at radius 3 is 2.59 bits per heavy atom. The first-order valence-corrected chi connectivity index (χ1v) is 5.75. The van der Waals surface area contributed by atoms with Crippen molar-refractivity contribution in [3.63, 3.8) is 0 Å². The molecule has 92 valence electrons. The van der Waals surface area contributed by atoms with Gasteiger partial charge >= 0.3 is 12.1 Å².